The Morgan fingerprint density at radius 2 is 1.94 bits per heavy atom. The van der Waals surface area contributed by atoms with Crippen molar-refractivity contribution in [3.8, 4) is 0 Å². The Hall–Kier alpha value is -2.30. The average Bonchev–Trinajstić information content (AvgIpc) is 2.25. The number of hydrogen-bond donors (Lipinski definition) is 0. The molecule has 2 rings (SSSR count). The summed E-state index contributed by atoms with van der Waals surface area (Å²) >= 11 is 0. The molecule has 0 fully saturated rings. The Morgan fingerprint density at radius 3 is 2.56 bits per heavy atom. The summed E-state index contributed by atoms with van der Waals surface area (Å²) in [5.74, 6) is -0.822. The highest BCUT2D eigenvalue weighted by molar-refractivity contribution is 6.25. The Balaban J connectivity index is 2.78. The van der Waals surface area contributed by atoms with Gasteiger partial charge in [0.15, 0.2) is 11.6 Å². The fraction of sp³-hybridized carbons (Fsp3) is 0.0909. The van der Waals surface area contributed by atoms with Crippen LogP contribution in [0.4, 0.5) is 5.69 Å². The summed E-state index contributed by atoms with van der Waals surface area (Å²) in [5.41, 5.74) is -0.0857. The lowest BCUT2D eigenvalue weighted by atomic mass is 9.89. The van der Waals surface area contributed by atoms with Crippen molar-refractivity contribution in [2.45, 2.75) is 6.92 Å². The number of allylic oxidation sites excluding steroid dienone is 2. The van der Waals surface area contributed by atoms with E-state index in [1.165, 1.54) is 31.2 Å². The molecular weight excluding hydrogens is 210 g/mol. The molecule has 0 amide bonds. The van der Waals surface area contributed by atoms with E-state index in [-0.39, 0.29) is 28.2 Å². The molecule has 1 aliphatic rings. The molecule has 1 aliphatic carbocycles. The van der Waals surface area contributed by atoms with Gasteiger partial charge in [-0.2, -0.15) is 0 Å². The zero-order valence-corrected chi connectivity index (χ0v) is 8.39. The Bertz CT molecular complexity index is 557. The third-order valence-corrected chi connectivity index (χ3v) is 2.44. The molecular formula is C11H7NO4. The van der Waals surface area contributed by atoms with Crippen LogP contribution in [0.15, 0.2) is 29.8 Å². The van der Waals surface area contributed by atoms with E-state index in [1.807, 2.05) is 0 Å². The molecule has 0 aliphatic heterocycles. The van der Waals surface area contributed by atoms with Gasteiger partial charge in [-0.25, -0.2) is 0 Å². The minimum Gasteiger partial charge on any atom is -0.289 e. The predicted molar refractivity (Wildman–Crippen MR) is 55.5 cm³/mol. The molecule has 0 N–H and O–H groups in total. The van der Waals surface area contributed by atoms with Crippen molar-refractivity contribution < 1.29 is 14.5 Å². The maximum absolute atomic E-state index is 11.8. The van der Waals surface area contributed by atoms with E-state index >= 15 is 0 Å². The summed E-state index contributed by atoms with van der Waals surface area (Å²) in [7, 11) is 0. The van der Waals surface area contributed by atoms with E-state index in [9.17, 15) is 19.7 Å². The van der Waals surface area contributed by atoms with Crippen LogP contribution in [-0.2, 0) is 0 Å². The molecule has 0 unspecified atom stereocenters. The van der Waals surface area contributed by atoms with Crippen molar-refractivity contribution in [3.63, 3.8) is 0 Å². The molecule has 1 aromatic rings. The van der Waals surface area contributed by atoms with Crippen molar-refractivity contribution >= 4 is 17.3 Å². The van der Waals surface area contributed by atoms with Crippen LogP contribution < -0.4 is 0 Å². The summed E-state index contributed by atoms with van der Waals surface area (Å²) in [6.45, 7) is 1.47. The molecule has 1 aromatic carbocycles. The zero-order valence-electron chi connectivity index (χ0n) is 8.39. The van der Waals surface area contributed by atoms with Gasteiger partial charge in [-0.15, -0.1) is 0 Å². The van der Waals surface area contributed by atoms with Gasteiger partial charge >= 0.3 is 0 Å². The van der Waals surface area contributed by atoms with E-state index in [1.54, 1.807) is 0 Å². The summed E-state index contributed by atoms with van der Waals surface area (Å²) in [6, 6.07) is 4.05. The first-order valence-corrected chi connectivity index (χ1v) is 4.57. The van der Waals surface area contributed by atoms with Crippen LogP contribution in [0, 0.1) is 10.1 Å². The van der Waals surface area contributed by atoms with Crippen molar-refractivity contribution in [1.82, 2.24) is 0 Å². The first-order valence-electron chi connectivity index (χ1n) is 4.57. The lowest BCUT2D eigenvalue weighted by Gasteiger charge is -2.11. The third-order valence-electron chi connectivity index (χ3n) is 2.44. The van der Waals surface area contributed by atoms with Gasteiger partial charge in [-0.05, 0) is 19.1 Å². The Labute approximate surface area is 90.5 Å². The number of nitro benzene ring substituents is 1. The molecule has 0 spiro atoms. The number of fused-ring (bicyclic) bond motifs is 1. The largest absolute Gasteiger partial charge is 0.289 e. The molecule has 16 heavy (non-hydrogen) atoms. The fourth-order valence-electron chi connectivity index (χ4n) is 1.67. The van der Waals surface area contributed by atoms with E-state index in [2.05, 4.69) is 0 Å². The summed E-state index contributed by atoms with van der Waals surface area (Å²) < 4.78 is 0. The van der Waals surface area contributed by atoms with Gasteiger partial charge in [0.25, 0.3) is 5.69 Å². The minimum atomic E-state index is -0.650. The predicted octanol–water partition coefficient (Wildman–Crippen LogP) is 1.92. The van der Waals surface area contributed by atoms with E-state index < -0.39 is 10.7 Å². The number of carbonyl (C=O) groups excluding carboxylic acids is 2. The summed E-state index contributed by atoms with van der Waals surface area (Å²) in [6.07, 6.45) is 1.20. The van der Waals surface area contributed by atoms with Crippen molar-refractivity contribution in [3.05, 3.63) is 51.1 Å². The molecule has 0 atom stereocenters. The van der Waals surface area contributed by atoms with Gasteiger partial charge < -0.3 is 0 Å². The molecule has 5 heteroatoms. The van der Waals surface area contributed by atoms with Gasteiger partial charge in [0.2, 0.25) is 0 Å². The summed E-state index contributed by atoms with van der Waals surface area (Å²) in [5, 5.41) is 10.8. The number of hydrogen-bond acceptors (Lipinski definition) is 4. The molecule has 80 valence electrons. The molecule has 0 saturated heterocycles. The van der Waals surface area contributed by atoms with Gasteiger partial charge in [0.05, 0.1) is 4.92 Å². The highest BCUT2D eigenvalue weighted by Gasteiger charge is 2.30. The van der Waals surface area contributed by atoms with Gasteiger partial charge in [0, 0.05) is 17.2 Å². The third kappa shape index (κ3) is 1.33. The second-order valence-electron chi connectivity index (χ2n) is 3.48. The lowest BCUT2D eigenvalue weighted by Crippen LogP contribution is -2.17. The quantitative estimate of drug-likeness (QED) is 0.531. The van der Waals surface area contributed by atoms with Crippen LogP contribution in [0.25, 0.3) is 0 Å². The first kappa shape index (κ1) is 10.2. The van der Waals surface area contributed by atoms with Crippen molar-refractivity contribution in [1.29, 1.82) is 0 Å². The van der Waals surface area contributed by atoms with Gasteiger partial charge in [0.1, 0.15) is 5.56 Å². The number of nitrogens with zero attached hydrogens (tertiary/aromatic N) is 1. The van der Waals surface area contributed by atoms with E-state index in [0.29, 0.717) is 0 Å². The molecule has 0 bridgehead atoms. The average molecular weight is 217 g/mol. The SMILES string of the molecule is CC1=CC(=O)c2cccc([N+](=O)[O-])c2C1=O. The number of carbonyl (C=O) groups is 2. The first-order chi connectivity index (χ1) is 7.52. The van der Waals surface area contributed by atoms with Crippen LogP contribution >= 0.6 is 0 Å². The van der Waals surface area contributed by atoms with E-state index in [4.69, 9.17) is 0 Å². The Morgan fingerprint density at radius 1 is 1.25 bits per heavy atom. The van der Waals surface area contributed by atoms with Crippen LogP contribution in [0.3, 0.4) is 0 Å². The topological polar surface area (TPSA) is 77.3 Å². The number of rotatable bonds is 1. The smallest absolute Gasteiger partial charge is 0.281 e. The van der Waals surface area contributed by atoms with Crippen molar-refractivity contribution in [2.75, 3.05) is 0 Å². The minimum absolute atomic E-state index is 0.0995. The summed E-state index contributed by atoms with van der Waals surface area (Å²) in [4.78, 5) is 33.4. The highest BCUT2D eigenvalue weighted by atomic mass is 16.6. The fourth-order valence-corrected chi connectivity index (χ4v) is 1.67. The van der Waals surface area contributed by atoms with Crippen LogP contribution in [0.2, 0.25) is 0 Å². The van der Waals surface area contributed by atoms with Crippen LogP contribution in [-0.4, -0.2) is 16.5 Å². The zero-order chi connectivity index (χ0) is 11.9. The number of Topliss-reactive ketones (excluding diaryl/α,β-unsaturated/α-hetero) is 1. The van der Waals surface area contributed by atoms with Crippen LogP contribution in [0.1, 0.15) is 27.6 Å². The maximum atomic E-state index is 11.8. The number of ketones is 2. The van der Waals surface area contributed by atoms with E-state index in [0.717, 1.165) is 0 Å². The van der Waals surface area contributed by atoms with Crippen LogP contribution in [0.5, 0.6) is 0 Å². The second kappa shape index (κ2) is 3.37. The Kier molecular flexibility index (Phi) is 2.16. The molecule has 0 saturated carbocycles. The maximum Gasteiger partial charge on any atom is 0.281 e. The standard InChI is InChI=1S/C11H7NO4/c1-6-5-9(13)7-3-2-4-8(12(15)16)10(7)11(6)14/h2-5H,1H3. The molecule has 0 heterocycles. The monoisotopic (exact) mass is 217 g/mol. The second-order valence-corrected chi connectivity index (χ2v) is 3.48. The molecule has 0 aromatic heterocycles. The molecule has 0 radical (unpaired) electrons. The highest BCUT2D eigenvalue weighted by Crippen LogP contribution is 2.28. The van der Waals surface area contributed by atoms with Gasteiger partial charge in [-0.1, -0.05) is 6.07 Å². The number of nitro groups is 1. The molecule has 5 nitrogen and oxygen atoms in total. The normalized spacial score (nSPS) is 14.4. The van der Waals surface area contributed by atoms with Gasteiger partial charge in [-0.3, -0.25) is 19.7 Å². The number of benzene rings is 1. The van der Waals surface area contributed by atoms with Crippen molar-refractivity contribution in [2.24, 2.45) is 0 Å². The lowest BCUT2D eigenvalue weighted by molar-refractivity contribution is -0.385.